The third-order valence-corrected chi connectivity index (χ3v) is 3.80. The van der Waals surface area contributed by atoms with E-state index in [0.717, 1.165) is 11.1 Å². The summed E-state index contributed by atoms with van der Waals surface area (Å²) in [4.78, 5) is 27.2. The van der Waals surface area contributed by atoms with E-state index in [1.165, 1.54) is 0 Å². The van der Waals surface area contributed by atoms with Crippen molar-refractivity contribution in [2.45, 2.75) is 20.3 Å². The van der Waals surface area contributed by atoms with Crippen molar-refractivity contribution in [2.24, 2.45) is 11.8 Å². The monoisotopic (exact) mass is 300 g/mol. The highest BCUT2D eigenvalue weighted by atomic mass is 16.4. The minimum absolute atomic E-state index is 0.251. The number of nitrogens with zero attached hydrogens (tertiary/aromatic N) is 2. The van der Waals surface area contributed by atoms with Gasteiger partial charge in [-0.1, -0.05) is 12.1 Å². The second-order valence-electron chi connectivity index (χ2n) is 5.55. The number of nitrogens with one attached hydrogen (secondary N) is 2. The lowest BCUT2D eigenvalue weighted by Crippen LogP contribution is -2.17. The fraction of sp³-hybridized carbons (Fsp3) is 0.333. The summed E-state index contributed by atoms with van der Waals surface area (Å²) in [5.74, 6) is -0.891. The van der Waals surface area contributed by atoms with E-state index < -0.39 is 17.8 Å². The van der Waals surface area contributed by atoms with Gasteiger partial charge in [0.2, 0.25) is 5.91 Å². The van der Waals surface area contributed by atoms with Crippen LogP contribution < -0.4 is 5.32 Å². The average molecular weight is 300 g/mol. The summed E-state index contributed by atoms with van der Waals surface area (Å²) in [6.07, 6.45) is 0.403. The van der Waals surface area contributed by atoms with Crippen molar-refractivity contribution in [3.05, 3.63) is 29.6 Å². The summed E-state index contributed by atoms with van der Waals surface area (Å²) < 4.78 is 0. The quantitative estimate of drug-likeness (QED) is 0.797. The smallest absolute Gasteiger partial charge is 0.307 e. The molecule has 2 unspecified atom stereocenters. The molecule has 1 fully saturated rings. The number of amides is 1. The first-order valence-corrected chi connectivity index (χ1v) is 6.99. The molecule has 0 radical (unpaired) electrons. The van der Waals surface area contributed by atoms with Crippen LogP contribution in [0, 0.1) is 25.7 Å². The molecule has 2 aromatic rings. The minimum atomic E-state index is -0.915. The molecule has 0 saturated heterocycles. The summed E-state index contributed by atoms with van der Waals surface area (Å²) in [5.41, 5.74) is 2.34. The zero-order chi connectivity index (χ0) is 15.9. The molecule has 7 heteroatoms. The van der Waals surface area contributed by atoms with E-state index in [9.17, 15) is 9.59 Å². The number of aromatic amines is 1. The Morgan fingerprint density at radius 2 is 2.09 bits per heavy atom. The van der Waals surface area contributed by atoms with Crippen molar-refractivity contribution in [1.29, 1.82) is 0 Å². The predicted molar refractivity (Wildman–Crippen MR) is 79.2 cm³/mol. The first-order chi connectivity index (χ1) is 10.5. The number of hydrogen-bond donors (Lipinski definition) is 3. The van der Waals surface area contributed by atoms with Gasteiger partial charge in [-0.25, -0.2) is 4.98 Å². The van der Waals surface area contributed by atoms with Gasteiger partial charge in [0.25, 0.3) is 0 Å². The van der Waals surface area contributed by atoms with E-state index in [1.54, 1.807) is 6.07 Å². The highest BCUT2D eigenvalue weighted by molar-refractivity contribution is 5.99. The normalized spacial score (nSPS) is 19.7. The number of carboxylic acid groups (broad SMARTS) is 1. The van der Waals surface area contributed by atoms with Crippen LogP contribution >= 0.6 is 0 Å². The lowest BCUT2D eigenvalue weighted by atomic mass is 10.1. The second kappa shape index (κ2) is 5.25. The van der Waals surface area contributed by atoms with Gasteiger partial charge in [-0.15, -0.1) is 0 Å². The molecule has 1 aromatic heterocycles. The number of aryl methyl sites for hydroxylation is 2. The highest BCUT2D eigenvalue weighted by Gasteiger charge is 2.48. The van der Waals surface area contributed by atoms with E-state index in [4.69, 9.17) is 5.11 Å². The van der Waals surface area contributed by atoms with Crippen LogP contribution in [0.5, 0.6) is 0 Å². The predicted octanol–water partition coefficient (Wildman–Crippen LogP) is 1.75. The molecule has 1 aliphatic rings. The fourth-order valence-electron chi connectivity index (χ4n) is 2.35. The molecule has 114 valence electrons. The van der Waals surface area contributed by atoms with Crippen molar-refractivity contribution in [2.75, 3.05) is 5.32 Å². The van der Waals surface area contributed by atoms with Crippen molar-refractivity contribution in [3.8, 4) is 11.4 Å². The molecular weight excluding hydrogens is 284 g/mol. The Labute approximate surface area is 126 Å². The molecule has 1 heterocycles. The van der Waals surface area contributed by atoms with Gasteiger partial charge in [0, 0.05) is 11.3 Å². The zero-order valence-corrected chi connectivity index (χ0v) is 12.3. The number of benzene rings is 1. The molecule has 0 spiro atoms. The Hall–Kier alpha value is -2.70. The fourth-order valence-corrected chi connectivity index (χ4v) is 2.35. The molecule has 1 saturated carbocycles. The molecular formula is C15H16N4O3. The lowest BCUT2D eigenvalue weighted by molar-refractivity contribution is -0.139. The van der Waals surface area contributed by atoms with Gasteiger partial charge in [-0.3, -0.25) is 14.7 Å². The molecule has 3 N–H and O–H groups in total. The topological polar surface area (TPSA) is 108 Å². The van der Waals surface area contributed by atoms with Crippen LogP contribution in [0.4, 0.5) is 5.69 Å². The molecule has 2 atom stereocenters. The Kier molecular flexibility index (Phi) is 3.40. The highest BCUT2D eigenvalue weighted by Crippen LogP contribution is 2.39. The Morgan fingerprint density at radius 3 is 2.68 bits per heavy atom. The van der Waals surface area contributed by atoms with Crippen LogP contribution in [0.1, 0.15) is 17.8 Å². The first kappa shape index (κ1) is 14.2. The molecule has 0 aliphatic heterocycles. The van der Waals surface area contributed by atoms with E-state index >= 15 is 0 Å². The van der Waals surface area contributed by atoms with Gasteiger partial charge < -0.3 is 10.4 Å². The van der Waals surface area contributed by atoms with E-state index in [2.05, 4.69) is 20.5 Å². The largest absolute Gasteiger partial charge is 0.481 e. The number of hydrogen-bond acceptors (Lipinski definition) is 4. The Bertz CT molecular complexity index is 753. The van der Waals surface area contributed by atoms with Gasteiger partial charge in [0.15, 0.2) is 5.82 Å². The third-order valence-electron chi connectivity index (χ3n) is 3.80. The minimum Gasteiger partial charge on any atom is -0.481 e. The molecule has 1 amide bonds. The van der Waals surface area contributed by atoms with Gasteiger partial charge in [-0.05, 0) is 31.9 Å². The van der Waals surface area contributed by atoms with Crippen molar-refractivity contribution in [3.63, 3.8) is 0 Å². The van der Waals surface area contributed by atoms with E-state index in [-0.39, 0.29) is 5.91 Å². The second-order valence-corrected chi connectivity index (χ2v) is 5.55. The SMILES string of the molecule is Cc1nc(-c2ccc(C)c(NC(=O)C3CC3C(=O)O)c2)n[nH]1. The lowest BCUT2D eigenvalue weighted by Gasteiger charge is -2.09. The van der Waals surface area contributed by atoms with Crippen LogP contribution in [0.25, 0.3) is 11.4 Å². The molecule has 1 aliphatic carbocycles. The summed E-state index contributed by atoms with van der Waals surface area (Å²) in [7, 11) is 0. The van der Waals surface area contributed by atoms with Crippen LogP contribution in [0.2, 0.25) is 0 Å². The first-order valence-electron chi connectivity index (χ1n) is 6.99. The molecule has 3 rings (SSSR count). The summed E-state index contributed by atoms with van der Waals surface area (Å²) in [6.45, 7) is 3.69. The van der Waals surface area contributed by atoms with Crippen LogP contribution in [0.3, 0.4) is 0 Å². The maximum atomic E-state index is 12.1. The number of aliphatic carboxylic acids is 1. The number of rotatable bonds is 4. The number of carbonyl (C=O) groups is 2. The standard InChI is InChI=1S/C15H16N4O3/c1-7-3-4-9(13-16-8(2)18-19-13)5-12(7)17-14(20)10-6-11(10)15(21)22/h3-5,10-11H,6H2,1-2H3,(H,17,20)(H,21,22)(H,16,18,19). The summed E-state index contributed by atoms with van der Waals surface area (Å²) in [5, 5.41) is 18.6. The van der Waals surface area contributed by atoms with Crippen molar-refractivity contribution in [1.82, 2.24) is 15.2 Å². The van der Waals surface area contributed by atoms with E-state index in [1.807, 2.05) is 26.0 Å². The maximum Gasteiger partial charge on any atom is 0.307 e. The van der Waals surface area contributed by atoms with Gasteiger partial charge in [-0.2, -0.15) is 5.10 Å². The van der Waals surface area contributed by atoms with Crippen LogP contribution in [-0.4, -0.2) is 32.2 Å². The number of anilines is 1. The number of carboxylic acids is 1. The maximum absolute atomic E-state index is 12.1. The molecule has 22 heavy (non-hydrogen) atoms. The number of carbonyl (C=O) groups excluding carboxylic acids is 1. The molecule has 7 nitrogen and oxygen atoms in total. The zero-order valence-electron chi connectivity index (χ0n) is 12.3. The Morgan fingerprint density at radius 1 is 1.32 bits per heavy atom. The van der Waals surface area contributed by atoms with Gasteiger partial charge >= 0.3 is 5.97 Å². The van der Waals surface area contributed by atoms with Crippen LogP contribution in [-0.2, 0) is 9.59 Å². The van der Waals surface area contributed by atoms with E-state index in [0.29, 0.717) is 23.8 Å². The number of H-pyrrole nitrogens is 1. The van der Waals surface area contributed by atoms with Crippen molar-refractivity contribution >= 4 is 17.6 Å². The van der Waals surface area contributed by atoms with Gasteiger partial charge in [0.1, 0.15) is 5.82 Å². The average Bonchev–Trinajstić information content (AvgIpc) is 3.17. The molecule has 0 bridgehead atoms. The third kappa shape index (κ3) is 2.69. The number of aromatic nitrogens is 3. The van der Waals surface area contributed by atoms with Crippen molar-refractivity contribution < 1.29 is 14.7 Å². The van der Waals surface area contributed by atoms with Crippen LogP contribution in [0.15, 0.2) is 18.2 Å². The Balaban J connectivity index is 1.79. The summed E-state index contributed by atoms with van der Waals surface area (Å²) in [6, 6.07) is 5.55. The molecule has 1 aromatic carbocycles. The summed E-state index contributed by atoms with van der Waals surface area (Å²) >= 11 is 0. The van der Waals surface area contributed by atoms with Gasteiger partial charge in [0.05, 0.1) is 11.8 Å².